The summed E-state index contributed by atoms with van der Waals surface area (Å²) in [6, 6.07) is 11.9. The van der Waals surface area contributed by atoms with E-state index in [0.29, 0.717) is 11.3 Å². The number of methoxy groups -OCH3 is 2. The third-order valence-electron chi connectivity index (χ3n) is 4.50. The number of ether oxygens (including phenoxy) is 4. The number of rotatable bonds is 10. The molecular formula is C22H27NO7S. The molecule has 2 aromatic carbocycles. The number of thiol groups is 1. The Morgan fingerprint density at radius 2 is 1.84 bits per heavy atom. The fraction of sp³-hybridized carbons (Fsp3) is 0.364. The smallest absolute Gasteiger partial charge is 0.412 e. The molecule has 1 amide bonds. The number of phenols is 1. The largest absolute Gasteiger partial charge is 0.504 e. The third kappa shape index (κ3) is 7.37. The van der Waals surface area contributed by atoms with Gasteiger partial charge in [-0.25, -0.2) is 4.79 Å². The summed E-state index contributed by atoms with van der Waals surface area (Å²) in [6.07, 6.45) is -1.98. The molecule has 9 heteroatoms. The van der Waals surface area contributed by atoms with Crippen LogP contribution in [0.15, 0.2) is 42.5 Å². The van der Waals surface area contributed by atoms with Crippen molar-refractivity contribution in [3.8, 4) is 11.5 Å². The predicted octanol–water partition coefficient (Wildman–Crippen LogP) is 3.88. The SMILES string of the molecule is COc1ccc([C@@H](OC(=O)Nc2ccc(C)cc2)[C@@H](CCOC(=O)CS)OC)cc1O. The lowest BCUT2D eigenvalue weighted by molar-refractivity contribution is -0.141. The molecule has 0 spiro atoms. The van der Waals surface area contributed by atoms with E-state index in [1.807, 2.05) is 19.1 Å². The van der Waals surface area contributed by atoms with Crippen molar-refractivity contribution < 1.29 is 33.6 Å². The van der Waals surface area contributed by atoms with Gasteiger partial charge in [-0.15, -0.1) is 0 Å². The number of hydrogen-bond acceptors (Lipinski definition) is 8. The molecule has 0 aliphatic carbocycles. The summed E-state index contributed by atoms with van der Waals surface area (Å²) in [7, 11) is 2.90. The molecule has 168 valence electrons. The molecule has 0 bridgehead atoms. The van der Waals surface area contributed by atoms with E-state index in [-0.39, 0.29) is 30.3 Å². The van der Waals surface area contributed by atoms with Gasteiger partial charge in [-0.1, -0.05) is 23.8 Å². The molecule has 2 rings (SSSR count). The number of aryl methyl sites for hydroxylation is 1. The number of hydrogen-bond donors (Lipinski definition) is 3. The van der Waals surface area contributed by atoms with Crippen LogP contribution in [-0.2, 0) is 19.0 Å². The van der Waals surface area contributed by atoms with Crippen molar-refractivity contribution in [2.45, 2.75) is 25.6 Å². The second-order valence-corrected chi connectivity index (χ2v) is 7.01. The van der Waals surface area contributed by atoms with Gasteiger partial charge in [0.05, 0.1) is 19.5 Å². The molecule has 0 radical (unpaired) electrons. The Hall–Kier alpha value is -2.91. The van der Waals surface area contributed by atoms with Gasteiger partial charge in [0.25, 0.3) is 0 Å². The number of phenolic OH excluding ortho intramolecular Hbond substituents is 1. The van der Waals surface area contributed by atoms with E-state index < -0.39 is 24.3 Å². The van der Waals surface area contributed by atoms with Gasteiger partial charge >= 0.3 is 12.1 Å². The number of benzene rings is 2. The van der Waals surface area contributed by atoms with Gasteiger partial charge < -0.3 is 24.1 Å². The molecule has 2 atom stereocenters. The monoisotopic (exact) mass is 449 g/mol. The first-order valence-corrected chi connectivity index (χ1v) is 10.2. The quantitative estimate of drug-likeness (QED) is 0.374. The number of carbonyl (C=O) groups excluding carboxylic acids is 2. The van der Waals surface area contributed by atoms with Gasteiger partial charge in [0, 0.05) is 19.2 Å². The van der Waals surface area contributed by atoms with Gasteiger partial charge in [0.1, 0.15) is 6.10 Å². The lowest BCUT2D eigenvalue weighted by Gasteiger charge is -2.26. The zero-order valence-corrected chi connectivity index (χ0v) is 18.6. The highest BCUT2D eigenvalue weighted by atomic mass is 32.1. The summed E-state index contributed by atoms with van der Waals surface area (Å²) in [5, 5.41) is 12.8. The fourth-order valence-electron chi connectivity index (χ4n) is 2.87. The van der Waals surface area contributed by atoms with E-state index in [9.17, 15) is 14.7 Å². The van der Waals surface area contributed by atoms with E-state index in [1.54, 1.807) is 24.3 Å². The Kier molecular flexibility index (Phi) is 9.48. The van der Waals surface area contributed by atoms with Gasteiger partial charge in [-0.2, -0.15) is 12.6 Å². The van der Waals surface area contributed by atoms with Crippen LogP contribution in [0.2, 0.25) is 0 Å². The van der Waals surface area contributed by atoms with Crippen LogP contribution in [-0.4, -0.2) is 49.9 Å². The second kappa shape index (κ2) is 12.1. The lowest BCUT2D eigenvalue weighted by atomic mass is 10.0. The summed E-state index contributed by atoms with van der Waals surface area (Å²) < 4.78 is 21.3. The standard InChI is InChI=1S/C22H27NO7S/c1-14-4-7-16(8-5-14)23-22(26)30-21(15-6-9-18(27-2)17(24)12-15)19(28-3)10-11-29-20(25)13-31/h4-9,12,19,21,24,31H,10-11,13H2,1-3H3,(H,23,26)/t19-,21-/m1/s1. The number of aromatic hydroxyl groups is 1. The molecule has 0 unspecified atom stereocenters. The van der Waals surface area contributed by atoms with E-state index in [2.05, 4.69) is 17.9 Å². The summed E-state index contributed by atoms with van der Waals surface area (Å²) in [6.45, 7) is 2.00. The first-order valence-electron chi connectivity index (χ1n) is 9.58. The first kappa shape index (κ1) is 24.4. The highest BCUT2D eigenvalue weighted by Gasteiger charge is 2.28. The minimum atomic E-state index is -0.887. The molecule has 0 heterocycles. The highest BCUT2D eigenvalue weighted by Crippen LogP contribution is 2.33. The van der Waals surface area contributed by atoms with E-state index in [0.717, 1.165) is 5.56 Å². The Bertz CT molecular complexity index is 873. The molecule has 0 saturated heterocycles. The third-order valence-corrected chi connectivity index (χ3v) is 4.76. The van der Waals surface area contributed by atoms with Crippen molar-refractivity contribution in [2.75, 3.05) is 31.9 Å². The molecule has 8 nitrogen and oxygen atoms in total. The Balaban J connectivity index is 2.21. The van der Waals surface area contributed by atoms with Gasteiger partial charge in [-0.05, 0) is 36.8 Å². The maximum absolute atomic E-state index is 12.6. The molecule has 0 saturated carbocycles. The molecule has 31 heavy (non-hydrogen) atoms. The van der Waals surface area contributed by atoms with Crippen LogP contribution in [0.3, 0.4) is 0 Å². The highest BCUT2D eigenvalue weighted by molar-refractivity contribution is 7.81. The summed E-state index contributed by atoms with van der Waals surface area (Å²) in [4.78, 5) is 23.9. The Morgan fingerprint density at radius 3 is 2.42 bits per heavy atom. The van der Waals surface area contributed by atoms with Gasteiger partial charge in [0.2, 0.25) is 0 Å². The average molecular weight is 450 g/mol. The Labute approximate surface area is 186 Å². The summed E-state index contributed by atoms with van der Waals surface area (Å²) in [5.41, 5.74) is 2.12. The molecule has 2 N–H and O–H groups in total. The van der Waals surface area contributed by atoms with Crippen LogP contribution in [0, 0.1) is 6.92 Å². The minimum Gasteiger partial charge on any atom is -0.504 e. The zero-order chi connectivity index (χ0) is 22.8. The Morgan fingerprint density at radius 1 is 1.13 bits per heavy atom. The van der Waals surface area contributed by atoms with Crippen molar-refractivity contribution in [1.82, 2.24) is 0 Å². The summed E-state index contributed by atoms with van der Waals surface area (Å²) >= 11 is 3.87. The van der Waals surface area contributed by atoms with E-state index >= 15 is 0 Å². The van der Waals surface area contributed by atoms with Crippen LogP contribution in [0.1, 0.15) is 23.7 Å². The zero-order valence-electron chi connectivity index (χ0n) is 17.7. The van der Waals surface area contributed by atoms with Crippen LogP contribution in [0.5, 0.6) is 11.5 Å². The van der Waals surface area contributed by atoms with Crippen molar-refractivity contribution in [1.29, 1.82) is 0 Å². The van der Waals surface area contributed by atoms with Crippen LogP contribution in [0.4, 0.5) is 10.5 Å². The van der Waals surface area contributed by atoms with E-state index in [1.165, 1.54) is 20.3 Å². The van der Waals surface area contributed by atoms with Gasteiger partial charge in [-0.3, -0.25) is 10.1 Å². The molecule has 0 aliphatic heterocycles. The normalized spacial score (nSPS) is 12.5. The van der Waals surface area contributed by atoms with Crippen LogP contribution in [0.25, 0.3) is 0 Å². The summed E-state index contributed by atoms with van der Waals surface area (Å²) in [5.74, 6) is -0.329. The van der Waals surface area contributed by atoms with Crippen molar-refractivity contribution in [2.24, 2.45) is 0 Å². The number of carbonyl (C=O) groups is 2. The number of nitrogens with one attached hydrogen (secondary N) is 1. The fourth-order valence-corrected chi connectivity index (χ4v) is 2.96. The number of anilines is 1. The topological polar surface area (TPSA) is 103 Å². The predicted molar refractivity (Wildman–Crippen MR) is 119 cm³/mol. The number of amides is 1. The molecular weight excluding hydrogens is 422 g/mol. The molecule has 2 aromatic rings. The maximum atomic E-state index is 12.6. The van der Waals surface area contributed by atoms with E-state index in [4.69, 9.17) is 18.9 Å². The van der Waals surface area contributed by atoms with Crippen LogP contribution < -0.4 is 10.1 Å². The van der Waals surface area contributed by atoms with Crippen LogP contribution >= 0.6 is 12.6 Å². The molecule has 0 aliphatic rings. The molecule has 0 aromatic heterocycles. The van der Waals surface area contributed by atoms with Crippen molar-refractivity contribution in [3.63, 3.8) is 0 Å². The van der Waals surface area contributed by atoms with Gasteiger partial charge in [0.15, 0.2) is 17.6 Å². The minimum absolute atomic E-state index is 0.0388. The molecule has 0 fully saturated rings. The second-order valence-electron chi connectivity index (χ2n) is 6.69. The average Bonchev–Trinajstić information content (AvgIpc) is 2.76. The maximum Gasteiger partial charge on any atom is 0.412 e. The van der Waals surface area contributed by atoms with Crippen molar-refractivity contribution in [3.05, 3.63) is 53.6 Å². The lowest BCUT2D eigenvalue weighted by Crippen LogP contribution is -2.29. The van der Waals surface area contributed by atoms with Crippen molar-refractivity contribution >= 4 is 30.4 Å². The number of esters is 1. The first-order chi connectivity index (χ1) is 14.9.